The van der Waals surface area contributed by atoms with Gasteiger partial charge in [0.2, 0.25) is 5.91 Å². The molecular weight excluding hydrogens is 284 g/mol. The molecule has 1 aromatic rings. The fourth-order valence-electron chi connectivity index (χ4n) is 3.61. The van der Waals surface area contributed by atoms with Crippen molar-refractivity contribution in [3.63, 3.8) is 0 Å². The molecule has 0 aromatic heterocycles. The normalized spacial score (nSPS) is 21.2. The average Bonchev–Trinajstić information content (AvgIpc) is 3.05. The van der Waals surface area contributed by atoms with Crippen molar-refractivity contribution in [2.24, 2.45) is 5.92 Å². The van der Waals surface area contributed by atoms with Crippen LogP contribution in [0.5, 0.6) is 0 Å². The highest BCUT2D eigenvalue weighted by Crippen LogP contribution is 2.25. The van der Waals surface area contributed by atoms with E-state index in [2.05, 4.69) is 60.5 Å². The predicted octanol–water partition coefficient (Wildman–Crippen LogP) is 3.30. The maximum Gasteiger partial charge on any atom is 0.220 e. The van der Waals surface area contributed by atoms with Gasteiger partial charge in [-0.3, -0.25) is 9.69 Å². The zero-order valence-electron chi connectivity index (χ0n) is 14.3. The molecule has 1 aliphatic carbocycles. The second-order valence-corrected chi connectivity index (χ2v) is 7.50. The van der Waals surface area contributed by atoms with E-state index in [0.717, 1.165) is 32.4 Å². The monoisotopic (exact) mass is 312 g/mol. The third kappa shape index (κ3) is 4.03. The number of hydrogen-bond donors (Lipinski definition) is 1. The second kappa shape index (κ2) is 6.88. The van der Waals surface area contributed by atoms with Crippen molar-refractivity contribution >= 4 is 5.91 Å². The van der Waals surface area contributed by atoms with Crippen LogP contribution in [0.15, 0.2) is 36.4 Å². The number of fused-ring (bicyclic) bond motifs is 1. The molecule has 1 N–H and O–H groups in total. The molecule has 3 nitrogen and oxygen atoms in total. The van der Waals surface area contributed by atoms with Crippen molar-refractivity contribution in [2.45, 2.75) is 51.6 Å². The van der Waals surface area contributed by atoms with Crippen LogP contribution in [-0.4, -0.2) is 29.4 Å². The van der Waals surface area contributed by atoms with Gasteiger partial charge in [0.15, 0.2) is 0 Å². The van der Waals surface area contributed by atoms with E-state index < -0.39 is 0 Å². The first-order valence-corrected chi connectivity index (χ1v) is 8.80. The van der Waals surface area contributed by atoms with E-state index in [1.54, 1.807) is 0 Å². The summed E-state index contributed by atoms with van der Waals surface area (Å²) >= 11 is 0. The summed E-state index contributed by atoms with van der Waals surface area (Å²) in [6, 6.07) is 8.70. The molecule has 0 saturated heterocycles. The van der Waals surface area contributed by atoms with Crippen molar-refractivity contribution in [1.82, 2.24) is 10.2 Å². The van der Waals surface area contributed by atoms with Gasteiger partial charge in [-0.1, -0.05) is 36.4 Å². The van der Waals surface area contributed by atoms with E-state index in [1.165, 1.54) is 11.1 Å². The minimum Gasteiger partial charge on any atom is -0.354 e. The molecule has 1 aliphatic heterocycles. The van der Waals surface area contributed by atoms with E-state index >= 15 is 0 Å². The molecule has 0 bridgehead atoms. The Morgan fingerprint density at radius 2 is 2.09 bits per heavy atom. The molecule has 0 saturated carbocycles. The van der Waals surface area contributed by atoms with E-state index in [-0.39, 0.29) is 11.4 Å². The minimum absolute atomic E-state index is 0.0191. The summed E-state index contributed by atoms with van der Waals surface area (Å²) < 4.78 is 0. The minimum atomic E-state index is -0.0191. The summed E-state index contributed by atoms with van der Waals surface area (Å²) in [5.41, 5.74) is 2.88. The summed E-state index contributed by atoms with van der Waals surface area (Å²) in [6.07, 6.45) is 8.35. The maximum atomic E-state index is 12.2. The number of carbonyl (C=O) groups is 1. The molecule has 2 aliphatic rings. The summed E-state index contributed by atoms with van der Waals surface area (Å²) in [5.74, 6) is 0.631. The molecule has 1 amide bonds. The Kier molecular flexibility index (Phi) is 4.86. The lowest BCUT2D eigenvalue weighted by Crippen LogP contribution is -2.53. The van der Waals surface area contributed by atoms with Gasteiger partial charge in [0, 0.05) is 31.6 Å². The van der Waals surface area contributed by atoms with Crippen molar-refractivity contribution in [1.29, 1.82) is 0 Å². The quantitative estimate of drug-likeness (QED) is 0.846. The number of rotatable bonds is 5. The van der Waals surface area contributed by atoms with Crippen LogP contribution in [0.2, 0.25) is 0 Å². The first-order chi connectivity index (χ1) is 11.0. The Labute approximate surface area is 139 Å². The lowest BCUT2D eigenvalue weighted by atomic mass is 9.94. The summed E-state index contributed by atoms with van der Waals surface area (Å²) in [4.78, 5) is 14.7. The standard InChI is InChI=1S/C20H28N2O/c1-20(2,15-21-19(23)13-16-7-3-4-8-16)22-12-11-17-9-5-6-10-18(17)14-22/h3,5-7,9-10,16H,4,8,11-15H2,1-2H3,(H,21,23)/t16-/m0/s1. The summed E-state index contributed by atoms with van der Waals surface area (Å²) in [6.45, 7) is 7.22. The van der Waals surface area contributed by atoms with Crippen LogP contribution in [0.1, 0.15) is 44.2 Å². The number of benzene rings is 1. The molecule has 1 atom stereocenters. The number of hydrogen-bond acceptors (Lipinski definition) is 2. The highest BCUT2D eigenvalue weighted by atomic mass is 16.1. The molecule has 3 heteroatoms. The number of amides is 1. The zero-order valence-corrected chi connectivity index (χ0v) is 14.3. The smallest absolute Gasteiger partial charge is 0.220 e. The Bertz CT molecular complexity index is 591. The molecule has 3 rings (SSSR count). The van der Waals surface area contributed by atoms with Gasteiger partial charge in [0.05, 0.1) is 0 Å². The fraction of sp³-hybridized carbons (Fsp3) is 0.550. The lowest BCUT2D eigenvalue weighted by Gasteiger charge is -2.41. The number of nitrogens with zero attached hydrogens (tertiary/aromatic N) is 1. The van der Waals surface area contributed by atoms with Crippen molar-refractivity contribution in [2.75, 3.05) is 13.1 Å². The van der Waals surface area contributed by atoms with Crippen LogP contribution in [0.4, 0.5) is 0 Å². The highest BCUT2D eigenvalue weighted by Gasteiger charge is 2.30. The van der Waals surface area contributed by atoms with Gasteiger partial charge in [0.1, 0.15) is 0 Å². The summed E-state index contributed by atoms with van der Waals surface area (Å²) in [5, 5.41) is 3.16. The molecule has 1 aromatic carbocycles. The predicted molar refractivity (Wildman–Crippen MR) is 94.1 cm³/mol. The van der Waals surface area contributed by atoms with Crippen LogP contribution in [-0.2, 0) is 17.8 Å². The molecule has 23 heavy (non-hydrogen) atoms. The third-order valence-electron chi connectivity index (χ3n) is 5.26. The number of nitrogens with one attached hydrogen (secondary N) is 1. The molecule has 0 spiro atoms. The topological polar surface area (TPSA) is 32.3 Å². The molecule has 0 radical (unpaired) electrons. The largest absolute Gasteiger partial charge is 0.354 e. The Morgan fingerprint density at radius 1 is 1.30 bits per heavy atom. The third-order valence-corrected chi connectivity index (χ3v) is 5.26. The van der Waals surface area contributed by atoms with Crippen LogP contribution >= 0.6 is 0 Å². The van der Waals surface area contributed by atoms with E-state index in [9.17, 15) is 4.79 Å². The fourth-order valence-corrected chi connectivity index (χ4v) is 3.61. The van der Waals surface area contributed by atoms with E-state index in [1.807, 2.05) is 0 Å². The SMILES string of the molecule is CC(C)(CNC(=O)C[C@H]1C=CCC1)N1CCc2ccccc2C1. The van der Waals surface area contributed by atoms with Crippen LogP contribution in [0, 0.1) is 5.92 Å². The Morgan fingerprint density at radius 3 is 2.83 bits per heavy atom. The highest BCUT2D eigenvalue weighted by molar-refractivity contribution is 5.76. The first kappa shape index (κ1) is 16.3. The van der Waals surface area contributed by atoms with Crippen LogP contribution < -0.4 is 5.32 Å². The second-order valence-electron chi connectivity index (χ2n) is 7.50. The van der Waals surface area contributed by atoms with Gasteiger partial charge < -0.3 is 5.32 Å². The van der Waals surface area contributed by atoms with Gasteiger partial charge in [-0.15, -0.1) is 0 Å². The van der Waals surface area contributed by atoms with Crippen molar-refractivity contribution in [3.8, 4) is 0 Å². The van der Waals surface area contributed by atoms with Crippen molar-refractivity contribution in [3.05, 3.63) is 47.5 Å². The lowest BCUT2D eigenvalue weighted by molar-refractivity contribution is -0.122. The average molecular weight is 312 g/mol. The van der Waals surface area contributed by atoms with Gasteiger partial charge in [-0.25, -0.2) is 0 Å². The Hall–Kier alpha value is -1.61. The number of carbonyl (C=O) groups excluding carboxylic acids is 1. The van der Waals surface area contributed by atoms with Crippen LogP contribution in [0.3, 0.4) is 0 Å². The van der Waals surface area contributed by atoms with Gasteiger partial charge in [0.25, 0.3) is 0 Å². The van der Waals surface area contributed by atoms with Gasteiger partial charge >= 0.3 is 0 Å². The zero-order chi connectivity index (χ0) is 16.3. The molecule has 0 fully saturated rings. The van der Waals surface area contributed by atoms with Gasteiger partial charge in [-0.05, 0) is 50.2 Å². The van der Waals surface area contributed by atoms with Crippen molar-refractivity contribution < 1.29 is 4.79 Å². The Balaban J connectivity index is 1.52. The van der Waals surface area contributed by atoms with Crippen LogP contribution in [0.25, 0.3) is 0 Å². The van der Waals surface area contributed by atoms with Gasteiger partial charge in [-0.2, -0.15) is 0 Å². The molecule has 0 unspecified atom stereocenters. The maximum absolute atomic E-state index is 12.2. The first-order valence-electron chi connectivity index (χ1n) is 8.80. The molecule has 1 heterocycles. The molecule has 124 valence electrons. The van der Waals surface area contributed by atoms with E-state index in [4.69, 9.17) is 0 Å². The summed E-state index contributed by atoms with van der Waals surface area (Å²) in [7, 11) is 0. The molecular formula is C20H28N2O. The van der Waals surface area contributed by atoms with E-state index in [0.29, 0.717) is 18.9 Å². The number of allylic oxidation sites excluding steroid dienone is 2.